The summed E-state index contributed by atoms with van der Waals surface area (Å²) in [6, 6.07) is 7.72. The Morgan fingerprint density at radius 1 is 1.29 bits per heavy atom. The summed E-state index contributed by atoms with van der Waals surface area (Å²) in [5, 5.41) is 0. The Kier molecular flexibility index (Phi) is 3.38. The molecule has 2 bridgehead atoms. The molecule has 0 aromatic heterocycles. The highest BCUT2D eigenvalue weighted by molar-refractivity contribution is 5.98. The third-order valence-electron chi connectivity index (χ3n) is 6.49. The lowest BCUT2D eigenvalue weighted by Crippen LogP contribution is -2.39. The van der Waals surface area contributed by atoms with Crippen LogP contribution in [0, 0.1) is 16.7 Å². The number of hydrogen-bond acceptors (Lipinski definition) is 2. The van der Waals surface area contributed by atoms with Crippen LogP contribution in [0.15, 0.2) is 24.3 Å². The van der Waals surface area contributed by atoms with Gasteiger partial charge in [0.05, 0.1) is 5.56 Å². The lowest BCUT2D eigenvalue weighted by molar-refractivity contribution is 0.0296. The lowest BCUT2D eigenvalue weighted by atomic mass is 9.70. The molecular formula is C19H26O2. The van der Waals surface area contributed by atoms with E-state index in [-0.39, 0.29) is 17.3 Å². The summed E-state index contributed by atoms with van der Waals surface area (Å²) in [6.45, 7) is 9.05. The van der Waals surface area contributed by atoms with Gasteiger partial charge in [-0.3, -0.25) is 4.79 Å². The second-order valence-electron chi connectivity index (χ2n) is 7.49. The molecule has 0 amide bonds. The van der Waals surface area contributed by atoms with Gasteiger partial charge in [0.25, 0.3) is 0 Å². The molecule has 2 heteroatoms. The van der Waals surface area contributed by atoms with Crippen molar-refractivity contribution in [3.05, 3.63) is 29.8 Å². The Labute approximate surface area is 127 Å². The number of carbonyl (C=O) groups is 1. The van der Waals surface area contributed by atoms with E-state index in [9.17, 15) is 4.79 Å². The Morgan fingerprint density at radius 3 is 2.57 bits per heavy atom. The van der Waals surface area contributed by atoms with E-state index in [1.54, 1.807) is 0 Å². The molecule has 3 unspecified atom stereocenters. The molecule has 2 saturated carbocycles. The molecular weight excluding hydrogens is 260 g/mol. The molecule has 0 radical (unpaired) electrons. The van der Waals surface area contributed by atoms with Gasteiger partial charge in [-0.1, -0.05) is 39.8 Å². The van der Waals surface area contributed by atoms with Crippen LogP contribution >= 0.6 is 0 Å². The third kappa shape index (κ3) is 2.03. The predicted molar refractivity (Wildman–Crippen MR) is 84.7 cm³/mol. The first-order valence-electron chi connectivity index (χ1n) is 8.19. The molecule has 1 aromatic carbocycles. The molecule has 21 heavy (non-hydrogen) atoms. The number of rotatable bonds is 4. The molecule has 0 heterocycles. The van der Waals surface area contributed by atoms with E-state index in [1.165, 1.54) is 12.8 Å². The molecule has 2 fully saturated rings. The summed E-state index contributed by atoms with van der Waals surface area (Å²) < 4.78 is 6.38. The van der Waals surface area contributed by atoms with Crippen LogP contribution in [-0.4, -0.2) is 11.9 Å². The predicted octanol–water partition coefficient (Wildman–Crippen LogP) is 4.87. The van der Waals surface area contributed by atoms with Gasteiger partial charge in [-0.15, -0.1) is 0 Å². The van der Waals surface area contributed by atoms with E-state index in [0.717, 1.165) is 23.7 Å². The molecule has 1 aromatic rings. The quantitative estimate of drug-likeness (QED) is 0.738. The van der Waals surface area contributed by atoms with Crippen LogP contribution in [0.25, 0.3) is 0 Å². The van der Waals surface area contributed by atoms with Crippen molar-refractivity contribution in [3.63, 3.8) is 0 Å². The summed E-state index contributed by atoms with van der Waals surface area (Å²) >= 11 is 0. The maximum atomic E-state index is 12.1. The maximum absolute atomic E-state index is 12.1. The zero-order valence-corrected chi connectivity index (χ0v) is 13.6. The van der Waals surface area contributed by atoms with E-state index in [1.807, 2.05) is 31.2 Å². The minimum atomic E-state index is 0.165. The zero-order valence-electron chi connectivity index (χ0n) is 13.6. The van der Waals surface area contributed by atoms with Gasteiger partial charge in [-0.2, -0.15) is 0 Å². The highest BCUT2D eigenvalue weighted by Gasteiger charge is 2.62. The van der Waals surface area contributed by atoms with Gasteiger partial charge < -0.3 is 4.74 Å². The van der Waals surface area contributed by atoms with Gasteiger partial charge >= 0.3 is 0 Å². The van der Waals surface area contributed by atoms with Crippen molar-refractivity contribution < 1.29 is 9.53 Å². The van der Waals surface area contributed by atoms with E-state index >= 15 is 0 Å². The lowest BCUT2D eigenvalue weighted by Gasteiger charge is -2.39. The van der Waals surface area contributed by atoms with Crippen LogP contribution in [0.5, 0.6) is 5.75 Å². The fourth-order valence-corrected chi connectivity index (χ4v) is 4.45. The SMILES string of the molecule is CCC(=O)c1ccccc1OC1CC2CCC1(C)C2(C)C. The Balaban J connectivity index is 1.88. The van der Waals surface area contributed by atoms with Crippen molar-refractivity contribution in [2.45, 2.75) is 59.5 Å². The van der Waals surface area contributed by atoms with Crippen molar-refractivity contribution in [1.82, 2.24) is 0 Å². The Hall–Kier alpha value is -1.31. The molecule has 3 rings (SSSR count). The van der Waals surface area contributed by atoms with E-state index < -0.39 is 0 Å². The highest BCUT2D eigenvalue weighted by Crippen LogP contribution is 2.66. The summed E-state index contributed by atoms with van der Waals surface area (Å²) in [5.74, 6) is 1.69. The topological polar surface area (TPSA) is 26.3 Å². The van der Waals surface area contributed by atoms with Gasteiger partial charge in [0.15, 0.2) is 5.78 Å². The maximum Gasteiger partial charge on any atom is 0.166 e. The minimum absolute atomic E-state index is 0.165. The van der Waals surface area contributed by atoms with Gasteiger partial charge in [0.1, 0.15) is 11.9 Å². The van der Waals surface area contributed by atoms with E-state index in [4.69, 9.17) is 4.74 Å². The van der Waals surface area contributed by atoms with Gasteiger partial charge in [0.2, 0.25) is 0 Å². The number of hydrogen-bond donors (Lipinski definition) is 0. The van der Waals surface area contributed by atoms with Crippen LogP contribution in [0.4, 0.5) is 0 Å². The van der Waals surface area contributed by atoms with Crippen LogP contribution in [0.1, 0.15) is 63.7 Å². The normalized spacial score (nSPS) is 33.1. The molecule has 0 aliphatic heterocycles. The number of ether oxygens (including phenoxy) is 1. The average molecular weight is 286 g/mol. The number of para-hydroxylation sites is 1. The molecule has 2 aliphatic rings. The average Bonchev–Trinajstić information content (AvgIpc) is 2.80. The number of fused-ring (bicyclic) bond motifs is 2. The van der Waals surface area contributed by atoms with Gasteiger partial charge in [-0.05, 0) is 42.7 Å². The fourth-order valence-electron chi connectivity index (χ4n) is 4.45. The van der Waals surface area contributed by atoms with Crippen LogP contribution in [0.3, 0.4) is 0 Å². The van der Waals surface area contributed by atoms with Crippen molar-refractivity contribution >= 4 is 5.78 Å². The monoisotopic (exact) mass is 286 g/mol. The van der Waals surface area contributed by atoms with Crippen LogP contribution < -0.4 is 4.74 Å². The number of carbonyl (C=O) groups excluding carboxylic acids is 1. The Morgan fingerprint density at radius 2 is 2.00 bits per heavy atom. The summed E-state index contributed by atoms with van der Waals surface area (Å²) in [4.78, 5) is 12.1. The molecule has 2 nitrogen and oxygen atoms in total. The van der Waals surface area contributed by atoms with E-state index in [2.05, 4.69) is 20.8 Å². The molecule has 0 N–H and O–H groups in total. The third-order valence-corrected chi connectivity index (χ3v) is 6.49. The largest absolute Gasteiger partial charge is 0.489 e. The zero-order chi connectivity index (χ0) is 15.3. The molecule has 3 atom stereocenters. The second-order valence-corrected chi connectivity index (χ2v) is 7.49. The number of ketones is 1. The summed E-state index contributed by atoms with van der Waals surface area (Å²) in [7, 11) is 0. The van der Waals surface area contributed by atoms with Crippen molar-refractivity contribution in [3.8, 4) is 5.75 Å². The second kappa shape index (κ2) is 4.86. The fraction of sp³-hybridized carbons (Fsp3) is 0.632. The highest BCUT2D eigenvalue weighted by atomic mass is 16.5. The Bertz CT molecular complexity index is 560. The first-order valence-corrected chi connectivity index (χ1v) is 8.19. The first kappa shape index (κ1) is 14.6. The van der Waals surface area contributed by atoms with Gasteiger partial charge in [0, 0.05) is 11.8 Å². The summed E-state index contributed by atoms with van der Waals surface area (Å²) in [5.41, 5.74) is 1.30. The number of benzene rings is 1. The van der Waals surface area contributed by atoms with Gasteiger partial charge in [-0.25, -0.2) is 0 Å². The first-order chi connectivity index (χ1) is 9.90. The van der Waals surface area contributed by atoms with Crippen molar-refractivity contribution in [2.75, 3.05) is 0 Å². The minimum Gasteiger partial charge on any atom is -0.489 e. The van der Waals surface area contributed by atoms with Crippen LogP contribution in [-0.2, 0) is 0 Å². The summed E-state index contributed by atoms with van der Waals surface area (Å²) in [6.07, 6.45) is 4.43. The molecule has 2 aliphatic carbocycles. The number of Topliss-reactive ketones (excluding diaryl/α,β-unsaturated/α-hetero) is 1. The molecule has 114 valence electrons. The smallest absolute Gasteiger partial charge is 0.166 e. The molecule has 0 saturated heterocycles. The standard InChI is InChI=1S/C19H26O2/c1-5-15(20)14-8-6-7-9-16(14)21-17-12-13-10-11-19(17,4)18(13,2)3/h6-9,13,17H,5,10-12H2,1-4H3. The van der Waals surface area contributed by atoms with Crippen LogP contribution in [0.2, 0.25) is 0 Å². The van der Waals surface area contributed by atoms with E-state index in [0.29, 0.717) is 11.8 Å². The molecule has 0 spiro atoms. The van der Waals surface area contributed by atoms with Crippen molar-refractivity contribution in [1.29, 1.82) is 0 Å². The van der Waals surface area contributed by atoms with Crippen molar-refractivity contribution in [2.24, 2.45) is 16.7 Å².